The Labute approximate surface area is 155 Å². The molecule has 2 aliphatic heterocycles. The van der Waals surface area contributed by atoms with Crippen LogP contribution < -0.4 is 0 Å². The lowest BCUT2D eigenvalue weighted by molar-refractivity contribution is -0.154. The van der Waals surface area contributed by atoms with Crippen molar-refractivity contribution < 1.29 is 28.3 Å². The number of benzene rings is 1. The number of rotatable bonds is 3. The van der Waals surface area contributed by atoms with Crippen LogP contribution in [0.25, 0.3) is 0 Å². The van der Waals surface area contributed by atoms with Crippen LogP contribution in [0, 0.1) is 17.0 Å². The minimum absolute atomic E-state index is 0.102. The maximum Gasteiger partial charge on any atom is 0.326 e. The first-order valence-electron chi connectivity index (χ1n) is 8.99. The summed E-state index contributed by atoms with van der Waals surface area (Å²) >= 11 is 0. The molecule has 146 valence electrons. The van der Waals surface area contributed by atoms with Crippen LogP contribution in [-0.2, 0) is 9.59 Å². The van der Waals surface area contributed by atoms with E-state index in [2.05, 4.69) is 0 Å². The van der Waals surface area contributed by atoms with Crippen LogP contribution in [0.1, 0.15) is 43.0 Å². The van der Waals surface area contributed by atoms with Crippen LogP contribution in [0.3, 0.4) is 0 Å². The SMILES string of the molecule is C[C@@H](C(=O)O)N1CC2(CCC1=O)CCN(C(=O)c1ccc(F)c(F)c1)CC2. The van der Waals surface area contributed by atoms with E-state index in [1.54, 1.807) is 4.90 Å². The zero-order valence-electron chi connectivity index (χ0n) is 15.1. The Hall–Kier alpha value is -2.51. The fourth-order valence-electron chi connectivity index (χ4n) is 3.93. The molecule has 1 aromatic carbocycles. The lowest BCUT2D eigenvalue weighted by Gasteiger charge is -2.48. The highest BCUT2D eigenvalue weighted by atomic mass is 19.2. The number of carboxylic acid groups (broad SMARTS) is 1. The van der Waals surface area contributed by atoms with E-state index in [-0.39, 0.29) is 22.8 Å². The lowest BCUT2D eigenvalue weighted by atomic mass is 9.72. The minimum Gasteiger partial charge on any atom is -0.480 e. The molecule has 2 heterocycles. The number of carbonyl (C=O) groups excluding carboxylic acids is 2. The van der Waals surface area contributed by atoms with Gasteiger partial charge in [-0.25, -0.2) is 13.6 Å². The van der Waals surface area contributed by atoms with Gasteiger partial charge in [0, 0.05) is 31.6 Å². The summed E-state index contributed by atoms with van der Waals surface area (Å²) in [6, 6.07) is 2.22. The quantitative estimate of drug-likeness (QED) is 0.873. The van der Waals surface area contributed by atoms with E-state index in [1.807, 2.05) is 0 Å². The zero-order chi connectivity index (χ0) is 19.8. The molecule has 8 heteroatoms. The number of halogens is 2. The maximum absolute atomic E-state index is 13.4. The van der Waals surface area contributed by atoms with Crippen molar-refractivity contribution in [1.82, 2.24) is 9.80 Å². The summed E-state index contributed by atoms with van der Waals surface area (Å²) in [6.07, 6.45) is 2.24. The Bertz CT molecular complexity index is 775. The number of amides is 2. The van der Waals surface area contributed by atoms with Gasteiger partial charge in [0.15, 0.2) is 11.6 Å². The summed E-state index contributed by atoms with van der Waals surface area (Å²) in [7, 11) is 0. The molecule has 3 rings (SSSR count). The van der Waals surface area contributed by atoms with Crippen molar-refractivity contribution in [2.24, 2.45) is 5.41 Å². The monoisotopic (exact) mass is 380 g/mol. The number of piperidine rings is 2. The average molecular weight is 380 g/mol. The molecule has 0 saturated carbocycles. The van der Waals surface area contributed by atoms with Crippen LogP contribution in [0.15, 0.2) is 18.2 Å². The Morgan fingerprint density at radius 2 is 1.81 bits per heavy atom. The molecule has 0 unspecified atom stereocenters. The van der Waals surface area contributed by atoms with E-state index < -0.39 is 23.6 Å². The van der Waals surface area contributed by atoms with E-state index in [1.165, 1.54) is 17.9 Å². The van der Waals surface area contributed by atoms with Crippen LogP contribution in [0.2, 0.25) is 0 Å². The molecule has 2 aliphatic rings. The zero-order valence-corrected chi connectivity index (χ0v) is 15.1. The smallest absolute Gasteiger partial charge is 0.326 e. The van der Waals surface area contributed by atoms with Crippen molar-refractivity contribution in [2.75, 3.05) is 19.6 Å². The van der Waals surface area contributed by atoms with Crippen molar-refractivity contribution in [3.8, 4) is 0 Å². The number of nitrogens with zero attached hydrogens (tertiary/aromatic N) is 2. The molecule has 0 bridgehead atoms. The summed E-state index contributed by atoms with van der Waals surface area (Å²) in [4.78, 5) is 38.9. The van der Waals surface area contributed by atoms with E-state index in [0.717, 1.165) is 12.1 Å². The molecule has 2 fully saturated rings. The van der Waals surface area contributed by atoms with Crippen molar-refractivity contribution in [1.29, 1.82) is 0 Å². The summed E-state index contributed by atoms with van der Waals surface area (Å²) in [6.45, 7) is 2.73. The Morgan fingerprint density at radius 1 is 1.15 bits per heavy atom. The predicted octanol–water partition coefficient (Wildman–Crippen LogP) is 2.28. The first kappa shape index (κ1) is 19.3. The molecular formula is C19H22F2N2O4. The van der Waals surface area contributed by atoms with Gasteiger partial charge in [-0.05, 0) is 49.8 Å². The van der Waals surface area contributed by atoms with E-state index >= 15 is 0 Å². The maximum atomic E-state index is 13.4. The lowest BCUT2D eigenvalue weighted by Crippen LogP contribution is -2.55. The van der Waals surface area contributed by atoms with Crippen molar-refractivity contribution in [2.45, 2.75) is 38.6 Å². The first-order valence-corrected chi connectivity index (χ1v) is 8.99. The molecule has 27 heavy (non-hydrogen) atoms. The van der Waals surface area contributed by atoms with Gasteiger partial charge in [-0.2, -0.15) is 0 Å². The summed E-state index contributed by atoms with van der Waals surface area (Å²) in [5, 5.41) is 9.22. The second-order valence-corrected chi connectivity index (χ2v) is 7.46. The van der Waals surface area contributed by atoms with Crippen LogP contribution in [-0.4, -0.2) is 58.4 Å². The number of carboxylic acids is 1. The topological polar surface area (TPSA) is 77.9 Å². The fraction of sp³-hybridized carbons (Fsp3) is 0.526. The molecule has 1 aromatic rings. The Balaban J connectivity index is 1.67. The molecule has 2 amide bonds. The second kappa shape index (κ2) is 7.25. The summed E-state index contributed by atoms with van der Waals surface area (Å²) < 4.78 is 26.4. The Kier molecular flexibility index (Phi) is 5.17. The third kappa shape index (κ3) is 3.79. The molecule has 0 radical (unpaired) electrons. The normalized spacial score (nSPS) is 20.6. The van der Waals surface area contributed by atoms with Gasteiger partial charge in [0.05, 0.1) is 0 Å². The molecule has 1 spiro atoms. The number of hydrogen-bond acceptors (Lipinski definition) is 3. The van der Waals surface area contributed by atoms with Gasteiger partial charge < -0.3 is 14.9 Å². The molecule has 1 atom stereocenters. The van der Waals surface area contributed by atoms with Gasteiger partial charge in [0.2, 0.25) is 5.91 Å². The summed E-state index contributed by atoms with van der Waals surface area (Å²) in [5.74, 6) is -3.60. The van der Waals surface area contributed by atoms with E-state index in [4.69, 9.17) is 0 Å². The highest BCUT2D eigenvalue weighted by Crippen LogP contribution is 2.41. The van der Waals surface area contributed by atoms with Crippen LogP contribution >= 0.6 is 0 Å². The minimum atomic E-state index is -1.06. The van der Waals surface area contributed by atoms with Crippen molar-refractivity contribution in [3.05, 3.63) is 35.4 Å². The van der Waals surface area contributed by atoms with Crippen molar-refractivity contribution >= 4 is 17.8 Å². The van der Waals surface area contributed by atoms with Crippen LogP contribution in [0.4, 0.5) is 8.78 Å². The first-order chi connectivity index (χ1) is 12.7. The highest BCUT2D eigenvalue weighted by Gasteiger charge is 2.44. The number of carbonyl (C=O) groups is 3. The number of likely N-dealkylation sites (tertiary alicyclic amines) is 2. The second-order valence-electron chi connectivity index (χ2n) is 7.46. The largest absolute Gasteiger partial charge is 0.480 e. The average Bonchev–Trinajstić information content (AvgIpc) is 2.65. The predicted molar refractivity (Wildman–Crippen MR) is 92.0 cm³/mol. The molecule has 6 nitrogen and oxygen atoms in total. The van der Waals surface area contributed by atoms with E-state index in [0.29, 0.717) is 45.3 Å². The molecule has 2 saturated heterocycles. The molecule has 0 aliphatic carbocycles. The standard InChI is InChI=1S/C19H22F2N2O4/c1-12(18(26)27)23-11-19(5-4-16(23)24)6-8-22(9-7-19)17(25)13-2-3-14(20)15(21)10-13/h2-3,10,12H,4-9,11H2,1H3,(H,26,27)/t12-/m0/s1. The van der Waals surface area contributed by atoms with Gasteiger partial charge in [-0.1, -0.05) is 0 Å². The van der Waals surface area contributed by atoms with Gasteiger partial charge in [-0.15, -0.1) is 0 Å². The van der Waals surface area contributed by atoms with Gasteiger partial charge >= 0.3 is 5.97 Å². The van der Waals surface area contributed by atoms with Gasteiger partial charge in [0.1, 0.15) is 6.04 Å². The highest BCUT2D eigenvalue weighted by molar-refractivity contribution is 5.94. The van der Waals surface area contributed by atoms with Gasteiger partial charge in [-0.3, -0.25) is 9.59 Å². The number of aliphatic carboxylic acids is 1. The fourth-order valence-corrected chi connectivity index (χ4v) is 3.93. The van der Waals surface area contributed by atoms with E-state index in [9.17, 15) is 28.3 Å². The third-order valence-corrected chi connectivity index (χ3v) is 5.80. The Morgan fingerprint density at radius 3 is 2.41 bits per heavy atom. The van der Waals surface area contributed by atoms with Crippen molar-refractivity contribution in [3.63, 3.8) is 0 Å². The van der Waals surface area contributed by atoms with Crippen LogP contribution in [0.5, 0.6) is 0 Å². The summed E-state index contributed by atoms with van der Waals surface area (Å²) in [5.41, 5.74) is -0.104. The third-order valence-electron chi connectivity index (χ3n) is 5.80. The van der Waals surface area contributed by atoms with Gasteiger partial charge in [0.25, 0.3) is 5.91 Å². The molecule has 1 N–H and O–H groups in total. The molecule has 0 aromatic heterocycles. The molecular weight excluding hydrogens is 358 g/mol. The number of hydrogen-bond donors (Lipinski definition) is 1.